The van der Waals surface area contributed by atoms with Crippen molar-refractivity contribution in [2.45, 2.75) is 25.9 Å². The van der Waals surface area contributed by atoms with Gasteiger partial charge in [-0.1, -0.05) is 18.5 Å². The van der Waals surface area contributed by atoms with Crippen LogP contribution in [0.3, 0.4) is 0 Å². The highest BCUT2D eigenvalue weighted by atomic mass is 35.5. The third-order valence-electron chi connectivity index (χ3n) is 1.97. The minimum atomic E-state index is -0.851. The van der Waals surface area contributed by atoms with Gasteiger partial charge in [0.1, 0.15) is 11.9 Å². The lowest BCUT2D eigenvalue weighted by atomic mass is 10.2. The summed E-state index contributed by atoms with van der Waals surface area (Å²) in [5, 5.41) is 9.27. The van der Waals surface area contributed by atoms with Gasteiger partial charge in [-0.25, -0.2) is 0 Å². The smallest absolute Gasteiger partial charge is 0.307 e. The number of rotatable bonds is 5. The molecule has 0 amide bonds. The molecule has 0 aliphatic carbocycles. The number of carbonyl (C=O) groups is 1. The van der Waals surface area contributed by atoms with Gasteiger partial charge in [-0.3, -0.25) is 4.79 Å². The van der Waals surface area contributed by atoms with E-state index in [9.17, 15) is 4.79 Å². The first-order valence-electron chi connectivity index (χ1n) is 4.76. The topological polar surface area (TPSA) is 46.5 Å². The first-order chi connectivity index (χ1) is 7.11. The Kier molecular flexibility index (Phi) is 4.43. The Morgan fingerprint density at radius 1 is 1.47 bits per heavy atom. The second-order valence-electron chi connectivity index (χ2n) is 3.20. The maximum atomic E-state index is 10.5. The fourth-order valence-corrected chi connectivity index (χ4v) is 1.30. The molecule has 1 N–H and O–H groups in total. The molecule has 1 aromatic carbocycles. The zero-order valence-electron chi connectivity index (χ0n) is 8.44. The van der Waals surface area contributed by atoms with Crippen LogP contribution < -0.4 is 4.74 Å². The molecule has 0 aliphatic rings. The van der Waals surface area contributed by atoms with Gasteiger partial charge in [0.15, 0.2) is 0 Å². The van der Waals surface area contributed by atoms with Gasteiger partial charge in [0, 0.05) is 5.02 Å². The van der Waals surface area contributed by atoms with Gasteiger partial charge in [-0.2, -0.15) is 0 Å². The average Bonchev–Trinajstić information content (AvgIpc) is 2.19. The first-order valence-corrected chi connectivity index (χ1v) is 5.13. The highest BCUT2D eigenvalue weighted by molar-refractivity contribution is 6.30. The minimum absolute atomic E-state index is 0.0130. The van der Waals surface area contributed by atoms with E-state index in [1.807, 2.05) is 6.92 Å². The Balaban J connectivity index is 2.58. The van der Waals surface area contributed by atoms with E-state index in [1.165, 1.54) is 0 Å². The third-order valence-corrected chi connectivity index (χ3v) is 2.23. The van der Waals surface area contributed by atoms with Gasteiger partial charge in [0.2, 0.25) is 0 Å². The Hall–Kier alpha value is -1.22. The molecular weight excluding hydrogens is 216 g/mol. The molecule has 0 aromatic heterocycles. The molecule has 0 spiro atoms. The predicted octanol–water partition coefficient (Wildman–Crippen LogP) is 2.97. The van der Waals surface area contributed by atoms with Gasteiger partial charge < -0.3 is 9.84 Å². The highest BCUT2D eigenvalue weighted by Gasteiger charge is 2.12. The average molecular weight is 229 g/mol. The Bertz CT molecular complexity index is 321. The van der Waals surface area contributed by atoms with Crippen molar-refractivity contribution in [3.63, 3.8) is 0 Å². The van der Waals surface area contributed by atoms with E-state index in [0.29, 0.717) is 17.2 Å². The van der Waals surface area contributed by atoms with Gasteiger partial charge in [-0.15, -0.1) is 0 Å². The molecule has 0 bridgehead atoms. The van der Waals surface area contributed by atoms with Crippen LogP contribution >= 0.6 is 11.6 Å². The largest absolute Gasteiger partial charge is 0.490 e. The van der Waals surface area contributed by atoms with Crippen molar-refractivity contribution in [2.24, 2.45) is 0 Å². The zero-order chi connectivity index (χ0) is 11.3. The monoisotopic (exact) mass is 228 g/mol. The van der Waals surface area contributed by atoms with Crippen LogP contribution in [0.2, 0.25) is 5.02 Å². The molecule has 4 heteroatoms. The van der Waals surface area contributed by atoms with Gasteiger partial charge in [0.25, 0.3) is 0 Å². The standard InChI is InChI=1S/C11H13ClO3/c1-2-9(7-11(13)14)15-10-5-3-8(12)4-6-10/h3-6,9H,2,7H2,1H3,(H,13,14). The molecule has 1 unspecified atom stereocenters. The van der Waals surface area contributed by atoms with Gasteiger partial charge in [0.05, 0.1) is 6.42 Å². The third kappa shape index (κ3) is 4.21. The van der Waals surface area contributed by atoms with Crippen LogP contribution in [0.15, 0.2) is 24.3 Å². The molecule has 82 valence electrons. The zero-order valence-corrected chi connectivity index (χ0v) is 9.20. The van der Waals surface area contributed by atoms with Crippen molar-refractivity contribution in [1.82, 2.24) is 0 Å². The molecule has 0 aliphatic heterocycles. The summed E-state index contributed by atoms with van der Waals surface area (Å²) in [6, 6.07) is 6.88. The normalized spacial score (nSPS) is 12.1. The number of ether oxygens (including phenoxy) is 1. The summed E-state index contributed by atoms with van der Waals surface area (Å²) >= 11 is 5.72. The molecule has 0 saturated heterocycles. The van der Waals surface area contributed by atoms with Crippen molar-refractivity contribution in [3.8, 4) is 5.75 Å². The number of carboxylic acid groups (broad SMARTS) is 1. The van der Waals surface area contributed by atoms with E-state index < -0.39 is 5.97 Å². The van der Waals surface area contributed by atoms with Crippen LogP contribution in [-0.4, -0.2) is 17.2 Å². The summed E-state index contributed by atoms with van der Waals surface area (Å²) in [6.45, 7) is 1.89. The lowest BCUT2D eigenvalue weighted by Gasteiger charge is -2.15. The Morgan fingerprint density at radius 2 is 2.07 bits per heavy atom. The van der Waals surface area contributed by atoms with Crippen LogP contribution in [0.1, 0.15) is 19.8 Å². The van der Waals surface area contributed by atoms with Crippen molar-refractivity contribution in [1.29, 1.82) is 0 Å². The number of halogens is 1. The lowest BCUT2D eigenvalue weighted by Crippen LogP contribution is -2.19. The molecule has 1 atom stereocenters. The van der Waals surface area contributed by atoms with Crippen LogP contribution in [0, 0.1) is 0 Å². The molecule has 1 rings (SSSR count). The minimum Gasteiger partial charge on any atom is -0.490 e. The summed E-state index contributed by atoms with van der Waals surface area (Å²) < 4.78 is 5.49. The first kappa shape index (κ1) is 11.9. The van der Waals surface area contributed by atoms with E-state index in [1.54, 1.807) is 24.3 Å². The van der Waals surface area contributed by atoms with Crippen LogP contribution in [0.25, 0.3) is 0 Å². The molecule has 0 heterocycles. The fourth-order valence-electron chi connectivity index (χ4n) is 1.17. The van der Waals surface area contributed by atoms with Crippen molar-refractivity contribution in [2.75, 3.05) is 0 Å². The van der Waals surface area contributed by atoms with Crippen molar-refractivity contribution in [3.05, 3.63) is 29.3 Å². The lowest BCUT2D eigenvalue weighted by molar-refractivity contribution is -0.138. The van der Waals surface area contributed by atoms with Crippen LogP contribution in [0.4, 0.5) is 0 Å². The van der Waals surface area contributed by atoms with Crippen molar-refractivity contribution >= 4 is 17.6 Å². The van der Waals surface area contributed by atoms with Crippen LogP contribution in [0.5, 0.6) is 5.75 Å². The number of carboxylic acids is 1. The van der Waals surface area contributed by atoms with E-state index in [4.69, 9.17) is 21.4 Å². The Labute approximate surface area is 93.6 Å². The number of benzene rings is 1. The molecule has 15 heavy (non-hydrogen) atoms. The van der Waals surface area contributed by atoms with Gasteiger partial charge >= 0.3 is 5.97 Å². The van der Waals surface area contributed by atoms with E-state index >= 15 is 0 Å². The summed E-state index contributed by atoms with van der Waals surface area (Å²) in [4.78, 5) is 10.5. The fraction of sp³-hybridized carbons (Fsp3) is 0.364. The summed E-state index contributed by atoms with van der Waals surface area (Å²) in [5.41, 5.74) is 0. The van der Waals surface area contributed by atoms with E-state index in [2.05, 4.69) is 0 Å². The number of hydrogen-bond donors (Lipinski definition) is 1. The molecule has 0 radical (unpaired) electrons. The van der Waals surface area contributed by atoms with Gasteiger partial charge in [-0.05, 0) is 30.7 Å². The second kappa shape index (κ2) is 5.61. The molecule has 1 aromatic rings. The van der Waals surface area contributed by atoms with E-state index in [-0.39, 0.29) is 12.5 Å². The molecule has 3 nitrogen and oxygen atoms in total. The van der Waals surface area contributed by atoms with E-state index in [0.717, 1.165) is 0 Å². The van der Waals surface area contributed by atoms with Crippen LogP contribution in [-0.2, 0) is 4.79 Å². The molecule has 0 fully saturated rings. The summed E-state index contributed by atoms with van der Waals surface area (Å²) in [7, 11) is 0. The predicted molar refractivity (Wildman–Crippen MR) is 58.4 cm³/mol. The quantitative estimate of drug-likeness (QED) is 0.843. The summed E-state index contributed by atoms with van der Waals surface area (Å²) in [6.07, 6.45) is 0.386. The molecular formula is C11H13ClO3. The summed E-state index contributed by atoms with van der Waals surface area (Å²) in [5.74, 6) is -0.205. The maximum absolute atomic E-state index is 10.5. The number of aliphatic carboxylic acids is 1. The number of hydrogen-bond acceptors (Lipinski definition) is 2. The SMILES string of the molecule is CCC(CC(=O)O)Oc1ccc(Cl)cc1. The van der Waals surface area contributed by atoms with Crippen molar-refractivity contribution < 1.29 is 14.6 Å². The maximum Gasteiger partial charge on any atom is 0.307 e. The highest BCUT2D eigenvalue weighted by Crippen LogP contribution is 2.18. The second-order valence-corrected chi connectivity index (χ2v) is 3.64. The Morgan fingerprint density at radius 3 is 2.53 bits per heavy atom. The molecule has 0 saturated carbocycles.